The summed E-state index contributed by atoms with van der Waals surface area (Å²) in [6.07, 6.45) is 7.33. The van der Waals surface area contributed by atoms with E-state index in [-0.39, 0.29) is 17.5 Å². The van der Waals surface area contributed by atoms with Gasteiger partial charge in [-0.05, 0) is 40.6 Å². The quantitative estimate of drug-likeness (QED) is 0.512. The Hall–Kier alpha value is -3.03. The molecule has 0 saturated carbocycles. The van der Waals surface area contributed by atoms with E-state index in [1.807, 2.05) is 31.5 Å². The van der Waals surface area contributed by atoms with Crippen LogP contribution in [0.3, 0.4) is 0 Å². The van der Waals surface area contributed by atoms with Gasteiger partial charge in [0.25, 0.3) is 5.56 Å². The normalized spacial score (nSPS) is 13.3. The minimum Gasteiger partial charge on any atom is -0.360 e. The Kier molecular flexibility index (Phi) is 5.42. The Labute approximate surface area is 173 Å². The van der Waals surface area contributed by atoms with Crippen LogP contribution in [-0.2, 0) is 7.05 Å². The van der Waals surface area contributed by atoms with Crippen molar-refractivity contribution in [3.05, 3.63) is 77.1 Å². The number of rotatable bonds is 6. The molecule has 0 aliphatic heterocycles. The zero-order valence-corrected chi connectivity index (χ0v) is 17.2. The topological polar surface area (TPSA) is 85.8 Å². The second kappa shape index (κ2) is 8.14. The molecule has 0 aliphatic rings. The fourth-order valence-corrected chi connectivity index (χ4v) is 4.02. The van der Waals surface area contributed by atoms with Crippen LogP contribution in [0.1, 0.15) is 18.4 Å². The van der Waals surface area contributed by atoms with Crippen molar-refractivity contribution < 1.29 is 0 Å². The second-order valence-corrected chi connectivity index (χ2v) is 8.24. The van der Waals surface area contributed by atoms with Crippen molar-refractivity contribution in [3.8, 4) is 10.4 Å². The number of pyridine rings is 2. The summed E-state index contributed by atoms with van der Waals surface area (Å²) in [6.45, 7) is 2.62. The standard InChI is InChI=1S/C22H23N5OS/c1-14(15-6-8-27(2)21(28)10-15)19(23)12-25-22-26-13-20(29-22)17-3-4-18-11-24-7-5-16(18)9-17/h3-11,13-14,19H,12,23H2,1-2H3,(H,25,26). The molecular formula is C22H23N5OS. The summed E-state index contributed by atoms with van der Waals surface area (Å²) < 4.78 is 1.56. The molecule has 0 aliphatic carbocycles. The van der Waals surface area contributed by atoms with Crippen LogP contribution in [0.25, 0.3) is 21.2 Å². The molecule has 0 saturated heterocycles. The van der Waals surface area contributed by atoms with E-state index in [4.69, 9.17) is 5.73 Å². The highest BCUT2D eigenvalue weighted by atomic mass is 32.1. The molecule has 4 rings (SSSR count). The number of nitrogens with two attached hydrogens (primary N) is 1. The second-order valence-electron chi connectivity index (χ2n) is 7.21. The zero-order chi connectivity index (χ0) is 20.4. The van der Waals surface area contributed by atoms with Gasteiger partial charge in [-0.25, -0.2) is 4.98 Å². The van der Waals surface area contributed by atoms with Crippen molar-refractivity contribution in [1.29, 1.82) is 0 Å². The first-order valence-electron chi connectivity index (χ1n) is 9.47. The smallest absolute Gasteiger partial charge is 0.250 e. The van der Waals surface area contributed by atoms with Gasteiger partial charge in [0.05, 0.1) is 4.88 Å². The number of fused-ring (bicyclic) bond motifs is 1. The Morgan fingerprint density at radius 2 is 2.03 bits per heavy atom. The van der Waals surface area contributed by atoms with Gasteiger partial charge in [-0.3, -0.25) is 9.78 Å². The van der Waals surface area contributed by atoms with Crippen molar-refractivity contribution in [2.24, 2.45) is 12.8 Å². The number of aromatic nitrogens is 3. The molecule has 3 aromatic heterocycles. The van der Waals surface area contributed by atoms with Gasteiger partial charge in [0.2, 0.25) is 0 Å². The van der Waals surface area contributed by atoms with Crippen LogP contribution in [0.15, 0.2) is 66.0 Å². The lowest BCUT2D eigenvalue weighted by atomic mass is 9.95. The van der Waals surface area contributed by atoms with E-state index in [9.17, 15) is 4.79 Å². The van der Waals surface area contributed by atoms with Gasteiger partial charge in [0.15, 0.2) is 5.13 Å². The third-order valence-electron chi connectivity index (χ3n) is 5.22. The monoisotopic (exact) mass is 405 g/mol. The van der Waals surface area contributed by atoms with E-state index in [0.29, 0.717) is 6.54 Å². The molecule has 3 N–H and O–H groups in total. The maximum atomic E-state index is 11.9. The van der Waals surface area contributed by atoms with E-state index in [1.54, 1.807) is 41.4 Å². The average molecular weight is 406 g/mol. The molecule has 1 aromatic carbocycles. The number of benzene rings is 1. The molecule has 148 valence electrons. The molecular weight excluding hydrogens is 382 g/mol. The number of nitrogens with one attached hydrogen (secondary N) is 1. The predicted octanol–water partition coefficient (Wildman–Crippen LogP) is 3.60. The zero-order valence-electron chi connectivity index (χ0n) is 16.4. The summed E-state index contributed by atoms with van der Waals surface area (Å²) in [7, 11) is 1.74. The number of aryl methyl sites for hydroxylation is 1. The van der Waals surface area contributed by atoms with Gasteiger partial charge in [0.1, 0.15) is 0 Å². The molecule has 3 heterocycles. The van der Waals surface area contributed by atoms with Crippen LogP contribution in [0, 0.1) is 0 Å². The lowest BCUT2D eigenvalue weighted by Crippen LogP contribution is -2.34. The number of hydrogen-bond donors (Lipinski definition) is 2. The third-order valence-corrected chi connectivity index (χ3v) is 6.22. The van der Waals surface area contributed by atoms with Gasteiger partial charge >= 0.3 is 0 Å². The first kappa shape index (κ1) is 19.3. The van der Waals surface area contributed by atoms with Crippen LogP contribution in [-0.4, -0.2) is 27.1 Å². The molecule has 7 heteroatoms. The van der Waals surface area contributed by atoms with Crippen molar-refractivity contribution in [2.45, 2.75) is 18.9 Å². The minimum atomic E-state index is -0.136. The predicted molar refractivity (Wildman–Crippen MR) is 119 cm³/mol. The largest absolute Gasteiger partial charge is 0.360 e. The first-order chi connectivity index (χ1) is 14.0. The van der Waals surface area contributed by atoms with Crippen LogP contribution in [0.5, 0.6) is 0 Å². The lowest BCUT2D eigenvalue weighted by Gasteiger charge is -2.20. The fraction of sp³-hybridized carbons (Fsp3) is 0.227. The number of nitrogens with zero attached hydrogens (tertiary/aromatic N) is 3. The highest BCUT2D eigenvalue weighted by molar-refractivity contribution is 7.18. The SMILES string of the molecule is CC(c1ccn(C)c(=O)c1)C(N)CNc1ncc(-c2ccc3cnccc3c2)s1. The highest BCUT2D eigenvalue weighted by Crippen LogP contribution is 2.31. The highest BCUT2D eigenvalue weighted by Gasteiger charge is 2.16. The van der Waals surface area contributed by atoms with E-state index < -0.39 is 0 Å². The van der Waals surface area contributed by atoms with Gasteiger partial charge in [-0.15, -0.1) is 0 Å². The van der Waals surface area contributed by atoms with Crippen LogP contribution < -0.4 is 16.6 Å². The molecule has 2 atom stereocenters. The van der Waals surface area contributed by atoms with E-state index in [2.05, 4.69) is 33.5 Å². The first-order valence-corrected chi connectivity index (χ1v) is 10.3. The van der Waals surface area contributed by atoms with E-state index in [0.717, 1.165) is 31.9 Å². The van der Waals surface area contributed by atoms with Crippen LogP contribution in [0.2, 0.25) is 0 Å². The number of anilines is 1. The maximum absolute atomic E-state index is 11.9. The fourth-order valence-electron chi connectivity index (χ4n) is 3.20. The van der Waals surface area contributed by atoms with E-state index in [1.165, 1.54) is 0 Å². The summed E-state index contributed by atoms with van der Waals surface area (Å²) >= 11 is 1.60. The molecule has 6 nitrogen and oxygen atoms in total. The summed E-state index contributed by atoms with van der Waals surface area (Å²) in [4.78, 5) is 21.6. The van der Waals surface area contributed by atoms with Crippen molar-refractivity contribution >= 4 is 27.2 Å². The van der Waals surface area contributed by atoms with E-state index >= 15 is 0 Å². The van der Waals surface area contributed by atoms with Crippen molar-refractivity contribution in [1.82, 2.24) is 14.5 Å². The number of thiazole rings is 1. The molecule has 0 radical (unpaired) electrons. The van der Waals surface area contributed by atoms with Crippen LogP contribution >= 0.6 is 11.3 Å². The molecule has 0 bridgehead atoms. The summed E-state index contributed by atoms with van der Waals surface area (Å²) in [5.41, 5.74) is 8.43. The van der Waals surface area contributed by atoms with Gasteiger partial charge < -0.3 is 15.6 Å². The lowest BCUT2D eigenvalue weighted by molar-refractivity contribution is 0.586. The third kappa shape index (κ3) is 4.21. The maximum Gasteiger partial charge on any atom is 0.250 e. The summed E-state index contributed by atoms with van der Waals surface area (Å²) in [6, 6.07) is 11.8. The summed E-state index contributed by atoms with van der Waals surface area (Å²) in [5.74, 6) is 0.0601. The molecule has 0 spiro atoms. The minimum absolute atomic E-state index is 0.0229. The molecule has 29 heavy (non-hydrogen) atoms. The Morgan fingerprint density at radius 3 is 2.86 bits per heavy atom. The van der Waals surface area contributed by atoms with Gasteiger partial charge in [-0.2, -0.15) is 0 Å². The number of hydrogen-bond acceptors (Lipinski definition) is 6. The van der Waals surface area contributed by atoms with Gasteiger partial charge in [-0.1, -0.05) is 30.4 Å². The van der Waals surface area contributed by atoms with Gasteiger partial charge in [0, 0.05) is 55.9 Å². The molecule has 2 unspecified atom stereocenters. The van der Waals surface area contributed by atoms with Crippen molar-refractivity contribution in [3.63, 3.8) is 0 Å². The summed E-state index contributed by atoms with van der Waals surface area (Å²) in [5, 5.41) is 6.45. The molecule has 0 amide bonds. The molecule has 4 aromatic rings. The average Bonchev–Trinajstić information content (AvgIpc) is 3.22. The molecule has 0 fully saturated rings. The Bertz CT molecular complexity index is 1200. The van der Waals surface area contributed by atoms with Crippen molar-refractivity contribution in [2.75, 3.05) is 11.9 Å². The Balaban J connectivity index is 1.43. The Morgan fingerprint density at radius 1 is 1.17 bits per heavy atom. The van der Waals surface area contributed by atoms with Crippen LogP contribution in [0.4, 0.5) is 5.13 Å².